The van der Waals surface area contributed by atoms with Crippen molar-refractivity contribution in [2.45, 2.75) is 6.92 Å². The number of rotatable bonds is 4. The van der Waals surface area contributed by atoms with Crippen LogP contribution in [0.1, 0.15) is 21.7 Å². The Hall–Kier alpha value is -2.67. The molecule has 0 bridgehead atoms. The largest absolute Gasteiger partial charge is 0.478 e. The van der Waals surface area contributed by atoms with Gasteiger partial charge in [-0.2, -0.15) is 5.10 Å². The van der Waals surface area contributed by atoms with Crippen molar-refractivity contribution >= 4 is 29.5 Å². The molecule has 7 heteroatoms. The van der Waals surface area contributed by atoms with Gasteiger partial charge in [0.05, 0.1) is 11.8 Å². The molecule has 0 fully saturated rings. The van der Waals surface area contributed by atoms with Gasteiger partial charge in [0, 0.05) is 5.56 Å². The summed E-state index contributed by atoms with van der Waals surface area (Å²) in [5.74, 6) is 0.192. The second-order valence-corrected chi connectivity index (χ2v) is 4.71. The van der Waals surface area contributed by atoms with Crippen molar-refractivity contribution in [1.82, 2.24) is 5.43 Å². The first-order chi connectivity index (χ1) is 9.97. The van der Waals surface area contributed by atoms with Crippen molar-refractivity contribution in [2.75, 3.05) is 0 Å². The fourth-order valence-corrected chi connectivity index (χ4v) is 1.85. The molecule has 21 heavy (non-hydrogen) atoms. The number of carbonyl (C=O) groups is 1. The first-order valence-electron chi connectivity index (χ1n) is 6.00. The van der Waals surface area contributed by atoms with E-state index in [1.807, 2.05) is 6.92 Å². The Morgan fingerprint density at radius 2 is 2.19 bits per heavy atom. The van der Waals surface area contributed by atoms with Gasteiger partial charge < -0.3 is 15.3 Å². The van der Waals surface area contributed by atoms with Gasteiger partial charge in [-0.25, -0.2) is 4.79 Å². The lowest BCUT2D eigenvalue weighted by Crippen LogP contribution is -2.23. The highest BCUT2D eigenvalue weighted by molar-refractivity contribution is 7.80. The molecule has 0 aliphatic carbocycles. The summed E-state index contributed by atoms with van der Waals surface area (Å²) in [6.45, 7) is 1.83. The number of hydrogen-bond donors (Lipinski definition) is 3. The standard InChI is InChI=1S/C14H13N3O3S/c1-8-6-9(13(18)19)2-4-11(8)12-5-3-10(20-12)7-16-17-14(15)21/h2-7H,1H3,(H,18,19)(H3,15,17,21)/b16-7+. The minimum atomic E-state index is -0.958. The van der Waals surface area contributed by atoms with Crippen molar-refractivity contribution in [3.63, 3.8) is 0 Å². The van der Waals surface area contributed by atoms with E-state index >= 15 is 0 Å². The molecule has 0 spiro atoms. The van der Waals surface area contributed by atoms with Gasteiger partial charge in [0.2, 0.25) is 0 Å². The number of thiocarbonyl (C=S) groups is 1. The summed E-state index contributed by atoms with van der Waals surface area (Å²) < 4.78 is 5.61. The Labute approximate surface area is 126 Å². The molecule has 6 nitrogen and oxygen atoms in total. The van der Waals surface area contributed by atoms with Crippen LogP contribution in [0.5, 0.6) is 0 Å². The first kappa shape index (κ1) is 14.7. The number of aromatic carboxylic acids is 1. The molecule has 4 N–H and O–H groups in total. The average Bonchev–Trinajstić information content (AvgIpc) is 2.86. The molecule has 0 aliphatic rings. The van der Waals surface area contributed by atoms with E-state index in [1.54, 1.807) is 24.3 Å². The minimum absolute atomic E-state index is 0.0677. The van der Waals surface area contributed by atoms with Crippen LogP contribution >= 0.6 is 12.2 Å². The van der Waals surface area contributed by atoms with Gasteiger partial charge in [0.25, 0.3) is 0 Å². The van der Waals surface area contributed by atoms with Gasteiger partial charge in [-0.15, -0.1) is 0 Å². The summed E-state index contributed by atoms with van der Waals surface area (Å²) >= 11 is 4.62. The van der Waals surface area contributed by atoms with Crippen LogP contribution in [-0.4, -0.2) is 22.4 Å². The molecule has 1 aromatic heterocycles. The second kappa shape index (κ2) is 6.19. The lowest BCUT2D eigenvalue weighted by molar-refractivity contribution is 0.0697. The maximum absolute atomic E-state index is 10.9. The van der Waals surface area contributed by atoms with E-state index in [0.717, 1.165) is 11.1 Å². The number of carboxylic acid groups (broad SMARTS) is 1. The summed E-state index contributed by atoms with van der Waals surface area (Å²) in [6.07, 6.45) is 1.45. The number of nitrogens with two attached hydrogens (primary N) is 1. The van der Waals surface area contributed by atoms with Crippen LogP contribution in [0.3, 0.4) is 0 Å². The molecule has 0 amide bonds. The van der Waals surface area contributed by atoms with Crippen molar-refractivity contribution in [1.29, 1.82) is 0 Å². The highest BCUT2D eigenvalue weighted by Crippen LogP contribution is 2.26. The van der Waals surface area contributed by atoms with Crippen molar-refractivity contribution in [2.24, 2.45) is 10.8 Å². The van der Waals surface area contributed by atoms with Crippen molar-refractivity contribution in [3.05, 3.63) is 47.2 Å². The van der Waals surface area contributed by atoms with Crippen LogP contribution < -0.4 is 11.2 Å². The zero-order chi connectivity index (χ0) is 15.4. The van der Waals surface area contributed by atoms with E-state index in [4.69, 9.17) is 15.3 Å². The topological polar surface area (TPSA) is 101 Å². The number of aryl methyl sites for hydroxylation is 1. The minimum Gasteiger partial charge on any atom is -0.478 e. The molecule has 0 unspecified atom stereocenters. The lowest BCUT2D eigenvalue weighted by Gasteiger charge is -2.03. The molecule has 0 atom stereocenters. The lowest BCUT2D eigenvalue weighted by atomic mass is 10.0. The third-order valence-electron chi connectivity index (χ3n) is 2.73. The summed E-state index contributed by atoms with van der Waals surface area (Å²) in [7, 11) is 0. The van der Waals surface area contributed by atoms with Gasteiger partial charge in [-0.1, -0.05) is 6.07 Å². The van der Waals surface area contributed by atoms with E-state index < -0.39 is 5.97 Å². The summed E-state index contributed by atoms with van der Waals surface area (Å²) in [5.41, 5.74) is 9.54. The van der Waals surface area contributed by atoms with Gasteiger partial charge in [0.1, 0.15) is 11.5 Å². The maximum atomic E-state index is 10.9. The number of furan rings is 1. The molecule has 2 aromatic rings. The Morgan fingerprint density at radius 3 is 2.81 bits per heavy atom. The van der Waals surface area contributed by atoms with Gasteiger partial charge in [0.15, 0.2) is 5.11 Å². The van der Waals surface area contributed by atoms with E-state index in [2.05, 4.69) is 22.7 Å². The molecular formula is C14H13N3O3S. The average molecular weight is 303 g/mol. The molecule has 108 valence electrons. The number of hydrazone groups is 1. The predicted molar refractivity (Wildman–Crippen MR) is 83.4 cm³/mol. The molecule has 0 radical (unpaired) electrons. The van der Waals surface area contributed by atoms with E-state index in [9.17, 15) is 4.79 Å². The fourth-order valence-electron chi connectivity index (χ4n) is 1.80. The molecule has 0 saturated carbocycles. The third-order valence-corrected chi connectivity index (χ3v) is 2.82. The summed E-state index contributed by atoms with van der Waals surface area (Å²) in [6, 6.07) is 8.37. The SMILES string of the molecule is Cc1cc(C(=O)O)ccc1-c1ccc(/C=N/NC(N)=S)o1. The quantitative estimate of drug-likeness (QED) is 0.454. The highest BCUT2D eigenvalue weighted by atomic mass is 32.1. The van der Waals surface area contributed by atoms with Gasteiger partial charge in [-0.3, -0.25) is 5.43 Å². The van der Waals surface area contributed by atoms with E-state index in [0.29, 0.717) is 11.5 Å². The monoisotopic (exact) mass is 303 g/mol. The number of nitrogens with zero attached hydrogens (tertiary/aromatic N) is 1. The smallest absolute Gasteiger partial charge is 0.335 e. The van der Waals surface area contributed by atoms with Crippen LogP contribution in [-0.2, 0) is 0 Å². The molecule has 1 heterocycles. The Balaban J connectivity index is 2.23. The molecule has 0 saturated heterocycles. The zero-order valence-electron chi connectivity index (χ0n) is 11.2. The normalized spacial score (nSPS) is 10.7. The van der Waals surface area contributed by atoms with Gasteiger partial charge in [-0.05, 0) is 49.0 Å². The molecule has 2 rings (SSSR count). The van der Waals surface area contributed by atoms with E-state index in [1.165, 1.54) is 12.3 Å². The van der Waals surface area contributed by atoms with Crippen molar-refractivity contribution < 1.29 is 14.3 Å². The van der Waals surface area contributed by atoms with Crippen LogP contribution in [0.2, 0.25) is 0 Å². The second-order valence-electron chi connectivity index (χ2n) is 4.27. The molecule has 1 aromatic carbocycles. The predicted octanol–water partition coefficient (Wildman–Crippen LogP) is 2.12. The maximum Gasteiger partial charge on any atom is 0.335 e. The fraction of sp³-hybridized carbons (Fsp3) is 0.0714. The van der Waals surface area contributed by atoms with Gasteiger partial charge >= 0.3 is 5.97 Å². The Morgan fingerprint density at radius 1 is 1.43 bits per heavy atom. The first-order valence-corrected chi connectivity index (χ1v) is 6.41. The van der Waals surface area contributed by atoms with Crippen LogP contribution in [0, 0.1) is 6.92 Å². The Bertz CT molecular complexity index is 722. The van der Waals surface area contributed by atoms with Crippen molar-refractivity contribution in [3.8, 4) is 11.3 Å². The molecule has 0 aliphatic heterocycles. The number of hydrogen-bond acceptors (Lipinski definition) is 4. The number of benzene rings is 1. The number of nitrogens with one attached hydrogen (secondary N) is 1. The van der Waals surface area contributed by atoms with Crippen LogP contribution in [0.4, 0.5) is 0 Å². The highest BCUT2D eigenvalue weighted by Gasteiger charge is 2.10. The van der Waals surface area contributed by atoms with Crippen LogP contribution in [0.15, 0.2) is 39.9 Å². The van der Waals surface area contributed by atoms with E-state index in [-0.39, 0.29) is 10.7 Å². The summed E-state index contributed by atoms with van der Waals surface area (Å²) in [5, 5.41) is 12.8. The van der Waals surface area contributed by atoms with Crippen LogP contribution in [0.25, 0.3) is 11.3 Å². The summed E-state index contributed by atoms with van der Waals surface area (Å²) in [4.78, 5) is 10.9. The third kappa shape index (κ3) is 3.67. The zero-order valence-corrected chi connectivity index (χ0v) is 12.0. The number of carboxylic acids is 1. The Kier molecular flexibility index (Phi) is 4.34. The molecular weight excluding hydrogens is 290 g/mol.